The van der Waals surface area contributed by atoms with E-state index >= 15 is 0 Å². The Morgan fingerprint density at radius 1 is 1.35 bits per heavy atom. The average Bonchev–Trinajstić information content (AvgIpc) is 2.44. The molecule has 1 unspecified atom stereocenters. The molecule has 20 heavy (non-hydrogen) atoms. The zero-order valence-corrected chi connectivity index (χ0v) is 13.3. The van der Waals surface area contributed by atoms with Crippen LogP contribution in [0, 0.1) is 0 Å². The monoisotopic (exact) mass is 297 g/mol. The lowest BCUT2D eigenvalue weighted by Crippen LogP contribution is -2.17. The van der Waals surface area contributed by atoms with Crippen molar-refractivity contribution >= 4 is 23.3 Å². The highest BCUT2D eigenvalue weighted by Crippen LogP contribution is 2.23. The Balaban J connectivity index is 2.64. The molecule has 4 heteroatoms. The zero-order chi connectivity index (χ0) is 15.0. The first-order valence-corrected chi connectivity index (χ1v) is 7.60. The van der Waals surface area contributed by atoms with Crippen molar-refractivity contribution in [2.75, 3.05) is 12.4 Å². The Kier molecular flexibility index (Phi) is 7.45. The van der Waals surface area contributed by atoms with Gasteiger partial charge < -0.3 is 10.1 Å². The third kappa shape index (κ3) is 5.41. The number of carbonyl (C=O) groups excluding carboxylic acids is 1. The molecular weight excluding hydrogens is 274 g/mol. The fourth-order valence-electron chi connectivity index (χ4n) is 2.14. The van der Waals surface area contributed by atoms with Gasteiger partial charge >= 0.3 is 5.97 Å². The average molecular weight is 298 g/mol. The Labute approximate surface area is 126 Å². The second kappa shape index (κ2) is 8.85. The molecule has 1 aromatic rings. The van der Waals surface area contributed by atoms with Crippen molar-refractivity contribution in [3.8, 4) is 0 Å². The number of benzene rings is 1. The van der Waals surface area contributed by atoms with Crippen LogP contribution in [0.25, 0.3) is 0 Å². The minimum atomic E-state index is -0.367. The van der Waals surface area contributed by atoms with Crippen LogP contribution in [0.4, 0.5) is 5.69 Å². The van der Waals surface area contributed by atoms with E-state index in [4.69, 9.17) is 16.3 Å². The number of hydrogen-bond donors (Lipinski definition) is 1. The summed E-state index contributed by atoms with van der Waals surface area (Å²) in [4.78, 5) is 11.7. The van der Waals surface area contributed by atoms with Crippen molar-refractivity contribution in [3.05, 3.63) is 28.8 Å². The number of ether oxygens (including phenoxy) is 1. The number of carbonyl (C=O) groups is 1. The quantitative estimate of drug-likeness (QED) is 0.548. The van der Waals surface area contributed by atoms with Crippen LogP contribution in [0.3, 0.4) is 0 Å². The highest BCUT2D eigenvalue weighted by molar-refractivity contribution is 6.31. The van der Waals surface area contributed by atoms with Gasteiger partial charge in [-0.25, -0.2) is 4.79 Å². The summed E-state index contributed by atoms with van der Waals surface area (Å²) in [5, 5.41) is 3.90. The number of esters is 1. The topological polar surface area (TPSA) is 38.3 Å². The van der Waals surface area contributed by atoms with Crippen molar-refractivity contribution in [1.29, 1.82) is 0 Å². The first-order valence-electron chi connectivity index (χ1n) is 7.22. The second-order valence-corrected chi connectivity index (χ2v) is 5.51. The van der Waals surface area contributed by atoms with Crippen molar-refractivity contribution in [1.82, 2.24) is 0 Å². The van der Waals surface area contributed by atoms with Crippen LogP contribution in [0.1, 0.15) is 56.3 Å². The van der Waals surface area contributed by atoms with Crippen LogP contribution in [-0.4, -0.2) is 19.1 Å². The van der Waals surface area contributed by atoms with Gasteiger partial charge in [-0.2, -0.15) is 0 Å². The van der Waals surface area contributed by atoms with Crippen LogP contribution in [0.5, 0.6) is 0 Å². The van der Waals surface area contributed by atoms with Crippen molar-refractivity contribution in [3.63, 3.8) is 0 Å². The fourth-order valence-corrected chi connectivity index (χ4v) is 2.31. The maximum absolute atomic E-state index is 11.7. The highest BCUT2D eigenvalue weighted by atomic mass is 35.5. The molecule has 0 heterocycles. The molecule has 0 saturated carbocycles. The maximum atomic E-state index is 11.7. The molecule has 3 nitrogen and oxygen atoms in total. The van der Waals surface area contributed by atoms with Crippen molar-refractivity contribution in [2.24, 2.45) is 0 Å². The highest BCUT2D eigenvalue weighted by Gasteiger charge is 2.14. The number of anilines is 1. The number of methoxy groups -OCH3 is 1. The Hall–Kier alpha value is -1.22. The summed E-state index contributed by atoms with van der Waals surface area (Å²) in [7, 11) is 1.38. The van der Waals surface area contributed by atoms with Gasteiger partial charge in [-0.3, -0.25) is 0 Å². The molecule has 1 aromatic carbocycles. The van der Waals surface area contributed by atoms with Gasteiger partial charge in [-0.05, 0) is 31.5 Å². The van der Waals surface area contributed by atoms with E-state index < -0.39 is 0 Å². The van der Waals surface area contributed by atoms with E-state index in [1.807, 2.05) is 6.07 Å². The van der Waals surface area contributed by atoms with Crippen molar-refractivity contribution < 1.29 is 9.53 Å². The van der Waals surface area contributed by atoms with Crippen LogP contribution in [0.2, 0.25) is 5.02 Å². The lowest BCUT2D eigenvalue weighted by Gasteiger charge is -2.17. The Morgan fingerprint density at radius 3 is 2.75 bits per heavy atom. The number of unbranched alkanes of at least 4 members (excludes halogenated alkanes) is 3. The van der Waals surface area contributed by atoms with Gasteiger partial charge in [-0.15, -0.1) is 0 Å². The van der Waals surface area contributed by atoms with Gasteiger partial charge in [0, 0.05) is 16.8 Å². The summed E-state index contributed by atoms with van der Waals surface area (Å²) >= 11 is 5.94. The Bertz CT molecular complexity index is 434. The third-order valence-electron chi connectivity index (χ3n) is 3.28. The van der Waals surface area contributed by atoms with E-state index in [0.717, 1.165) is 12.1 Å². The molecule has 0 spiro atoms. The number of rotatable bonds is 8. The van der Waals surface area contributed by atoms with Crippen molar-refractivity contribution in [2.45, 2.75) is 52.0 Å². The third-order valence-corrected chi connectivity index (χ3v) is 3.51. The van der Waals surface area contributed by atoms with Gasteiger partial charge in [0.15, 0.2) is 0 Å². The van der Waals surface area contributed by atoms with Gasteiger partial charge in [0.2, 0.25) is 0 Å². The normalized spacial score (nSPS) is 12.0. The molecule has 0 aliphatic rings. The summed E-state index contributed by atoms with van der Waals surface area (Å²) in [5.41, 5.74) is 1.27. The summed E-state index contributed by atoms with van der Waals surface area (Å²) in [6, 6.07) is 5.56. The molecule has 1 rings (SSSR count). The van der Waals surface area contributed by atoms with E-state index in [0.29, 0.717) is 16.6 Å². The van der Waals surface area contributed by atoms with E-state index in [-0.39, 0.29) is 5.97 Å². The molecule has 0 aliphatic heterocycles. The largest absolute Gasteiger partial charge is 0.465 e. The van der Waals surface area contributed by atoms with Gasteiger partial charge in [0.1, 0.15) is 0 Å². The van der Waals surface area contributed by atoms with Gasteiger partial charge in [0.25, 0.3) is 0 Å². The Morgan fingerprint density at radius 2 is 2.10 bits per heavy atom. The van der Waals surface area contributed by atoms with E-state index in [9.17, 15) is 4.79 Å². The standard InChI is InChI=1S/C16H24ClNO2/c1-4-5-6-7-8-12(2)18-15-10-9-13(17)11-14(15)16(19)20-3/h9-12,18H,4-8H2,1-3H3. The molecule has 0 aromatic heterocycles. The maximum Gasteiger partial charge on any atom is 0.340 e. The van der Waals surface area contributed by atoms with E-state index in [1.165, 1.54) is 32.8 Å². The molecule has 1 N–H and O–H groups in total. The first-order chi connectivity index (χ1) is 9.58. The summed E-state index contributed by atoms with van der Waals surface area (Å²) in [6.07, 6.45) is 6.06. The van der Waals surface area contributed by atoms with Crippen LogP contribution in [-0.2, 0) is 4.74 Å². The molecule has 0 fully saturated rings. The zero-order valence-electron chi connectivity index (χ0n) is 12.5. The first kappa shape index (κ1) is 16.8. The molecule has 1 atom stereocenters. The number of halogens is 1. The minimum Gasteiger partial charge on any atom is -0.465 e. The summed E-state index contributed by atoms with van der Waals surface area (Å²) in [5.74, 6) is -0.367. The smallest absolute Gasteiger partial charge is 0.340 e. The van der Waals surface area contributed by atoms with Crippen LogP contribution < -0.4 is 5.32 Å². The molecule has 0 saturated heterocycles. The molecular formula is C16H24ClNO2. The van der Waals surface area contributed by atoms with Gasteiger partial charge in [0.05, 0.1) is 12.7 Å². The van der Waals surface area contributed by atoms with E-state index in [1.54, 1.807) is 12.1 Å². The van der Waals surface area contributed by atoms with E-state index in [2.05, 4.69) is 19.2 Å². The van der Waals surface area contributed by atoms with Crippen LogP contribution >= 0.6 is 11.6 Å². The number of hydrogen-bond acceptors (Lipinski definition) is 3. The second-order valence-electron chi connectivity index (χ2n) is 5.08. The van der Waals surface area contributed by atoms with Gasteiger partial charge in [-0.1, -0.05) is 44.2 Å². The molecule has 0 aliphatic carbocycles. The minimum absolute atomic E-state index is 0.316. The van der Waals surface area contributed by atoms with Crippen LogP contribution in [0.15, 0.2) is 18.2 Å². The lowest BCUT2D eigenvalue weighted by molar-refractivity contribution is 0.0602. The predicted molar refractivity (Wildman–Crippen MR) is 84.6 cm³/mol. The molecule has 0 radical (unpaired) electrons. The fraction of sp³-hybridized carbons (Fsp3) is 0.562. The molecule has 112 valence electrons. The summed E-state index contributed by atoms with van der Waals surface area (Å²) < 4.78 is 4.79. The SMILES string of the molecule is CCCCCCC(C)Nc1ccc(Cl)cc1C(=O)OC. The number of nitrogens with one attached hydrogen (secondary N) is 1. The molecule has 0 bridgehead atoms. The lowest BCUT2D eigenvalue weighted by atomic mass is 10.1. The summed E-state index contributed by atoms with van der Waals surface area (Å²) in [6.45, 7) is 4.33. The predicted octanol–water partition coefficient (Wildman–Crippen LogP) is 4.90. The molecule has 0 amide bonds.